The van der Waals surface area contributed by atoms with Gasteiger partial charge in [-0.15, -0.1) is 0 Å². The zero-order valence-corrected chi connectivity index (χ0v) is 17.6. The Morgan fingerprint density at radius 3 is 2.71 bits per heavy atom. The van der Waals surface area contributed by atoms with Gasteiger partial charge in [0.15, 0.2) is 11.4 Å². The van der Waals surface area contributed by atoms with E-state index >= 15 is 0 Å². The third-order valence-corrected chi connectivity index (χ3v) is 6.19. The summed E-state index contributed by atoms with van der Waals surface area (Å²) in [4.78, 5) is 27.9. The molecule has 1 N–H and O–H groups in total. The number of amides is 2. The van der Waals surface area contributed by atoms with Crippen LogP contribution in [0.5, 0.6) is 0 Å². The van der Waals surface area contributed by atoms with Crippen LogP contribution < -0.4 is 5.32 Å². The first-order valence-electron chi connectivity index (χ1n) is 10.8. The SMILES string of the molecule is Cn1nc(C(=O)NCc2ccccc2)c2c1CCN(C(=O)c1noc3c1CCCC3)C2. The minimum Gasteiger partial charge on any atom is -0.360 e. The molecule has 0 bridgehead atoms. The number of hydrogen-bond donors (Lipinski definition) is 1. The maximum atomic E-state index is 13.2. The number of rotatable bonds is 4. The monoisotopic (exact) mass is 419 g/mol. The Labute approximate surface area is 180 Å². The molecule has 3 aromatic rings. The molecule has 0 fully saturated rings. The summed E-state index contributed by atoms with van der Waals surface area (Å²) >= 11 is 0. The molecule has 1 aliphatic carbocycles. The van der Waals surface area contributed by atoms with Crippen LogP contribution in [0, 0.1) is 0 Å². The topological polar surface area (TPSA) is 93.3 Å². The second-order valence-corrected chi connectivity index (χ2v) is 8.18. The fourth-order valence-corrected chi connectivity index (χ4v) is 4.51. The van der Waals surface area contributed by atoms with Crippen LogP contribution in [0.2, 0.25) is 0 Å². The van der Waals surface area contributed by atoms with Gasteiger partial charge in [-0.05, 0) is 24.8 Å². The number of aryl methyl sites for hydroxylation is 2. The summed E-state index contributed by atoms with van der Waals surface area (Å²) in [7, 11) is 1.85. The molecule has 0 atom stereocenters. The van der Waals surface area contributed by atoms with Crippen LogP contribution in [0.1, 0.15) is 62.0 Å². The standard InChI is InChI=1S/C23H25N5O3/c1-27-18-11-12-28(23(30)21-16-9-5-6-10-19(16)31-26-21)14-17(18)20(25-27)22(29)24-13-15-7-3-2-4-8-15/h2-4,7-8H,5-6,9-14H2,1H3,(H,24,29). The summed E-state index contributed by atoms with van der Waals surface area (Å²) in [5, 5.41) is 11.5. The summed E-state index contributed by atoms with van der Waals surface area (Å²) in [6.07, 6.45) is 4.44. The van der Waals surface area contributed by atoms with Gasteiger partial charge in [-0.2, -0.15) is 5.10 Å². The quantitative estimate of drug-likeness (QED) is 0.701. The summed E-state index contributed by atoms with van der Waals surface area (Å²) in [6, 6.07) is 9.75. The fourth-order valence-electron chi connectivity index (χ4n) is 4.51. The van der Waals surface area contributed by atoms with Crippen LogP contribution in [0.4, 0.5) is 0 Å². The third-order valence-electron chi connectivity index (χ3n) is 6.19. The Kier molecular flexibility index (Phi) is 5.05. The first-order valence-corrected chi connectivity index (χ1v) is 10.8. The number of nitrogens with one attached hydrogen (secondary N) is 1. The Morgan fingerprint density at radius 1 is 1.06 bits per heavy atom. The molecule has 2 aliphatic rings. The largest absolute Gasteiger partial charge is 0.360 e. The van der Waals surface area contributed by atoms with Gasteiger partial charge in [0, 0.05) is 49.8 Å². The van der Waals surface area contributed by atoms with Crippen LogP contribution in [0.25, 0.3) is 0 Å². The number of aromatic nitrogens is 3. The summed E-state index contributed by atoms with van der Waals surface area (Å²) in [6.45, 7) is 1.34. The highest BCUT2D eigenvalue weighted by atomic mass is 16.5. The van der Waals surface area contributed by atoms with E-state index in [9.17, 15) is 9.59 Å². The molecule has 0 spiro atoms. The average Bonchev–Trinajstić information content (AvgIpc) is 3.39. The van der Waals surface area contributed by atoms with E-state index in [2.05, 4.69) is 15.6 Å². The Hall–Kier alpha value is -3.42. The van der Waals surface area contributed by atoms with Crippen molar-refractivity contribution in [3.8, 4) is 0 Å². The molecule has 1 aliphatic heterocycles. The molecule has 31 heavy (non-hydrogen) atoms. The Morgan fingerprint density at radius 2 is 1.87 bits per heavy atom. The van der Waals surface area contributed by atoms with Gasteiger partial charge in [0.05, 0.1) is 6.54 Å². The third kappa shape index (κ3) is 3.62. The van der Waals surface area contributed by atoms with Gasteiger partial charge in [0.25, 0.3) is 11.8 Å². The molecule has 1 aromatic carbocycles. The van der Waals surface area contributed by atoms with Gasteiger partial charge < -0.3 is 14.7 Å². The molecule has 2 aromatic heterocycles. The van der Waals surface area contributed by atoms with Crippen molar-refractivity contribution in [2.45, 2.75) is 45.2 Å². The van der Waals surface area contributed by atoms with Crippen molar-refractivity contribution in [2.75, 3.05) is 6.54 Å². The van der Waals surface area contributed by atoms with Gasteiger partial charge in [0.1, 0.15) is 5.76 Å². The molecule has 2 amide bonds. The smallest absolute Gasteiger partial charge is 0.276 e. The molecule has 5 rings (SSSR count). The highest BCUT2D eigenvalue weighted by molar-refractivity contribution is 5.96. The lowest BCUT2D eigenvalue weighted by Crippen LogP contribution is -2.37. The zero-order chi connectivity index (χ0) is 21.4. The van der Waals surface area contributed by atoms with Crippen molar-refractivity contribution in [1.29, 1.82) is 0 Å². The van der Waals surface area contributed by atoms with E-state index in [-0.39, 0.29) is 11.8 Å². The predicted molar refractivity (Wildman–Crippen MR) is 112 cm³/mol. The van der Waals surface area contributed by atoms with Gasteiger partial charge >= 0.3 is 0 Å². The number of fused-ring (bicyclic) bond motifs is 2. The number of hydrogen-bond acceptors (Lipinski definition) is 5. The Bertz CT molecular complexity index is 1130. The maximum absolute atomic E-state index is 13.2. The normalized spacial score (nSPS) is 15.3. The number of carbonyl (C=O) groups excluding carboxylic acids is 2. The molecule has 8 heteroatoms. The average molecular weight is 419 g/mol. The first-order chi connectivity index (χ1) is 15.1. The zero-order valence-electron chi connectivity index (χ0n) is 17.6. The van der Waals surface area contributed by atoms with Gasteiger partial charge in [0.2, 0.25) is 0 Å². The molecule has 0 saturated heterocycles. The van der Waals surface area contributed by atoms with Crippen LogP contribution in [0.3, 0.4) is 0 Å². The van der Waals surface area contributed by atoms with E-state index in [1.54, 1.807) is 9.58 Å². The molecule has 0 unspecified atom stereocenters. The summed E-state index contributed by atoms with van der Waals surface area (Å²) in [5.74, 6) is 0.487. The van der Waals surface area contributed by atoms with Gasteiger partial charge in [-0.1, -0.05) is 35.5 Å². The molecule has 8 nitrogen and oxygen atoms in total. The highest BCUT2D eigenvalue weighted by Gasteiger charge is 2.33. The minimum atomic E-state index is -0.228. The van der Waals surface area contributed by atoms with Crippen molar-refractivity contribution >= 4 is 11.8 Å². The molecule has 160 valence electrons. The fraction of sp³-hybridized carbons (Fsp3) is 0.391. The van der Waals surface area contributed by atoms with E-state index in [4.69, 9.17) is 4.52 Å². The van der Waals surface area contributed by atoms with E-state index in [1.807, 2.05) is 37.4 Å². The predicted octanol–water partition coefficient (Wildman–Crippen LogP) is 2.42. The van der Waals surface area contributed by atoms with Crippen LogP contribution >= 0.6 is 0 Å². The van der Waals surface area contributed by atoms with Crippen LogP contribution in [-0.2, 0) is 39.4 Å². The van der Waals surface area contributed by atoms with Crippen molar-refractivity contribution in [2.24, 2.45) is 7.05 Å². The molecule has 0 saturated carbocycles. The maximum Gasteiger partial charge on any atom is 0.276 e. The van der Waals surface area contributed by atoms with E-state index in [0.717, 1.165) is 53.8 Å². The van der Waals surface area contributed by atoms with Crippen molar-refractivity contribution in [1.82, 2.24) is 25.2 Å². The summed E-state index contributed by atoms with van der Waals surface area (Å²) < 4.78 is 7.19. The van der Waals surface area contributed by atoms with Crippen LogP contribution in [0.15, 0.2) is 34.9 Å². The number of carbonyl (C=O) groups is 2. The van der Waals surface area contributed by atoms with E-state index in [1.165, 1.54) is 0 Å². The Balaban J connectivity index is 1.35. The second-order valence-electron chi connectivity index (χ2n) is 8.18. The lowest BCUT2D eigenvalue weighted by molar-refractivity contribution is 0.0719. The lowest BCUT2D eigenvalue weighted by Gasteiger charge is -2.27. The lowest BCUT2D eigenvalue weighted by atomic mass is 9.95. The van der Waals surface area contributed by atoms with Crippen molar-refractivity contribution < 1.29 is 14.1 Å². The summed E-state index contributed by atoms with van der Waals surface area (Å²) in [5.41, 5.74) is 4.59. The first kappa shape index (κ1) is 19.5. The van der Waals surface area contributed by atoms with E-state index in [0.29, 0.717) is 37.4 Å². The molecular weight excluding hydrogens is 394 g/mol. The van der Waals surface area contributed by atoms with Crippen molar-refractivity contribution in [3.63, 3.8) is 0 Å². The molecular formula is C23H25N5O3. The van der Waals surface area contributed by atoms with Gasteiger partial charge in [-0.25, -0.2) is 0 Å². The van der Waals surface area contributed by atoms with Crippen molar-refractivity contribution in [3.05, 3.63) is 69.9 Å². The van der Waals surface area contributed by atoms with Crippen LogP contribution in [-0.4, -0.2) is 38.2 Å². The van der Waals surface area contributed by atoms with Gasteiger partial charge in [-0.3, -0.25) is 14.3 Å². The molecule has 3 heterocycles. The van der Waals surface area contributed by atoms with E-state index < -0.39 is 0 Å². The minimum absolute atomic E-state index is 0.128. The highest BCUT2D eigenvalue weighted by Crippen LogP contribution is 2.28. The second kappa shape index (κ2) is 8.02. The number of nitrogens with zero attached hydrogens (tertiary/aromatic N) is 4. The molecule has 0 radical (unpaired) electrons. The number of benzene rings is 1.